The predicted molar refractivity (Wildman–Crippen MR) is 80.1 cm³/mol. The second-order valence-electron chi connectivity index (χ2n) is 5.95. The van der Waals surface area contributed by atoms with E-state index in [1.165, 1.54) is 4.90 Å². The summed E-state index contributed by atoms with van der Waals surface area (Å²) in [6, 6.07) is 8.49. The van der Waals surface area contributed by atoms with Gasteiger partial charge < -0.3 is 16.0 Å². The van der Waals surface area contributed by atoms with Gasteiger partial charge in [0.1, 0.15) is 0 Å². The molecule has 1 aromatic carbocycles. The zero-order valence-electron chi connectivity index (χ0n) is 12.5. The molecule has 0 fully saturated rings. The van der Waals surface area contributed by atoms with Crippen LogP contribution in [-0.2, 0) is 9.59 Å². The molecule has 3 N–H and O–H groups in total. The summed E-state index contributed by atoms with van der Waals surface area (Å²) in [7, 11) is 1.58. The van der Waals surface area contributed by atoms with Crippen LogP contribution >= 0.6 is 0 Å². The van der Waals surface area contributed by atoms with E-state index in [9.17, 15) is 9.59 Å². The van der Waals surface area contributed by atoms with Gasteiger partial charge in [-0.25, -0.2) is 0 Å². The van der Waals surface area contributed by atoms with Crippen molar-refractivity contribution < 1.29 is 9.59 Å². The third kappa shape index (κ3) is 4.66. The van der Waals surface area contributed by atoms with Gasteiger partial charge in [-0.1, -0.05) is 39.0 Å². The van der Waals surface area contributed by atoms with Gasteiger partial charge in [0.2, 0.25) is 11.8 Å². The van der Waals surface area contributed by atoms with Crippen LogP contribution in [0.5, 0.6) is 0 Å². The van der Waals surface area contributed by atoms with E-state index in [0.29, 0.717) is 5.69 Å². The number of nitrogens with zero attached hydrogens (tertiary/aromatic N) is 1. The van der Waals surface area contributed by atoms with Crippen molar-refractivity contribution in [3.8, 4) is 0 Å². The summed E-state index contributed by atoms with van der Waals surface area (Å²) in [5.41, 5.74) is 6.28. The molecule has 110 valence electrons. The third-order valence-electron chi connectivity index (χ3n) is 3.01. The Hall–Kier alpha value is -1.88. The largest absolute Gasteiger partial charge is 0.335 e. The summed E-state index contributed by atoms with van der Waals surface area (Å²) < 4.78 is 0. The molecule has 0 aromatic heterocycles. The van der Waals surface area contributed by atoms with Gasteiger partial charge in [-0.3, -0.25) is 9.59 Å². The number of rotatable bonds is 4. The number of carbonyl (C=O) groups is 2. The van der Waals surface area contributed by atoms with Crippen LogP contribution in [0.1, 0.15) is 20.8 Å². The van der Waals surface area contributed by atoms with Crippen LogP contribution in [0.15, 0.2) is 30.3 Å². The first-order valence-electron chi connectivity index (χ1n) is 6.57. The number of carbonyl (C=O) groups excluding carboxylic acids is 2. The number of likely N-dealkylation sites (N-methyl/N-ethyl adjacent to an activating group) is 1. The summed E-state index contributed by atoms with van der Waals surface area (Å²) in [6.45, 7) is 5.67. The van der Waals surface area contributed by atoms with Gasteiger partial charge >= 0.3 is 0 Å². The molecule has 0 heterocycles. The lowest BCUT2D eigenvalue weighted by molar-refractivity contribution is -0.136. The van der Waals surface area contributed by atoms with Gasteiger partial charge in [-0.2, -0.15) is 0 Å². The minimum atomic E-state index is -0.628. The number of para-hydroxylation sites is 1. The minimum Gasteiger partial charge on any atom is -0.335 e. The van der Waals surface area contributed by atoms with Crippen molar-refractivity contribution in [2.24, 2.45) is 11.1 Å². The van der Waals surface area contributed by atoms with Crippen molar-refractivity contribution in [2.75, 3.05) is 18.9 Å². The number of hydrogen-bond acceptors (Lipinski definition) is 3. The highest BCUT2D eigenvalue weighted by atomic mass is 16.2. The van der Waals surface area contributed by atoms with E-state index in [1.54, 1.807) is 19.2 Å². The highest BCUT2D eigenvalue weighted by molar-refractivity contribution is 5.95. The lowest BCUT2D eigenvalue weighted by Crippen LogP contribution is -2.50. The van der Waals surface area contributed by atoms with Crippen LogP contribution in [0.2, 0.25) is 0 Å². The average molecular weight is 277 g/mol. The molecule has 1 rings (SSSR count). The van der Waals surface area contributed by atoms with Gasteiger partial charge in [-0.05, 0) is 17.5 Å². The molecule has 0 radical (unpaired) electrons. The minimum absolute atomic E-state index is 0.0164. The molecule has 0 saturated carbocycles. The Morgan fingerprint density at radius 3 is 2.30 bits per heavy atom. The normalized spacial score (nSPS) is 12.7. The van der Waals surface area contributed by atoms with Crippen molar-refractivity contribution in [1.82, 2.24) is 4.90 Å². The highest BCUT2D eigenvalue weighted by Gasteiger charge is 2.30. The van der Waals surface area contributed by atoms with Crippen molar-refractivity contribution in [1.29, 1.82) is 0 Å². The summed E-state index contributed by atoms with van der Waals surface area (Å²) in [4.78, 5) is 25.3. The molecule has 2 amide bonds. The van der Waals surface area contributed by atoms with E-state index in [4.69, 9.17) is 5.73 Å². The molecule has 0 saturated heterocycles. The van der Waals surface area contributed by atoms with E-state index >= 15 is 0 Å². The lowest BCUT2D eigenvalue weighted by Gasteiger charge is -2.29. The molecule has 5 nitrogen and oxygen atoms in total. The molecule has 20 heavy (non-hydrogen) atoms. The zero-order chi connectivity index (χ0) is 15.3. The quantitative estimate of drug-likeness (QED) is 0.874. The monoisotopic (exact) mass is 277 g/mol. The lowest BCUT2D eigenvalue weighted by atomic mass is 9.86. The van der Waals surface area contributed by atoms with Gasteiger partial charge in [0.15, 0.2) is 0 Å². The summed E-state index contributed by atoms with van der Waals surface area (Å²) in [6.07, 6.45) is 0. The maximum absolute atomic E-state index is 12.1. The van der Waals surface area contributed by atoms with Crippen LogP contribution < -0.4 is 11.1 Å². The second-order valence-corrected chi connectivity index (χ2v) is 5.95. The highest BCUT2D eigenvalue weighted by Crippen LogP contribution is 2.18. The van der Waals surface area contributed by atoms with Crippen molar-refractivity contribution >= 4 is 17.5 Å². The van der Waals surface area contributed by atoms with E-state index in [2.05, 4.69) is 5.32 Å². The first-order chi connectivity index (χ1) is 9.21. The number of amides is 2. The SMILES string of the molecule is CN(CC(=O)Nc1ccccc1)C(=O)C(N)C(C)(C)C. The summed E-state index contributed by atoms with van der Waals surface area (Å²) in [5.74, 6) is -0.478. The molecule has 1 unspecified atom stereocenters. The molecule has 0 bridgehead atoms. The fourth-order valence-electron chi connectivity index (χ4n) is 1.62. The third-order valence-corrected chi connectivity index (χ3v) is 3.01. The molecule has 5 heteroatoms. The molecule has 0 aliphatic rings. The maximum atomic E-state index is 12.1. The molecule has 1 aromatic rings. The fraction of sp³-hybridized carbons (Fsp3) is 0.467. The van der Waals surface area contributed by atoms with Crippen LogP contribution in [0, 0.1) is 5.41 Å². The molecule has 1 atom stereocenters. The Bertz CT molecular complexity index is 466. The average Bonchev–Trinajstić information content (AvgIpc) is 2.36. The van der Waals surface area contributed by atoms with Gasteiger partial charge in [0.05, 0.1) is 12.6 Å². The van der Waals surface area contributed by atoms with Crippen LogP contribution in [0.25, 0.3) is 0 Å². The van der Waals surface area contributed by atoms with E-state index in [1.807, 2.05) is 39.0 Å². The Morgan fingerprint density at radius 2 is 1.80 bits per heavy atom. The number of benzene rings is 1. The van der Waals surface area contributed by atoms with Gasteiger partial charge in [0, 0.05) is 12.7 Å². The summed E-state index contributed by atoms with van der Waals surface area (Å²) >= 11 is 0. The van der Waals surface area contributed by atoms with Gasteiger partial charge in [0.25, 0.3) is 0 Å². The Balaban J connectivity index is 2.56. The number of anilines is 1. The Kier molecular flexibility index (Phi) is 5.27. The first kappa shape index (κ1) is 16.2. The van der Waals surface area contributed by atoms with Crippen LogP contribution in [0.3, 0.4) is 0 Å². The Morgan fingerprint density at radius 1 is 1.25 bits per heavy atom. The molecular formula is C15H23N3O2. The van der Waals surface area contributed by atoms with Gasteiger partial charge in [-0.15, -0.1) is 0 Å². The Labute approximate surface area is 120 Å². The first-order valence-corrected chi connectivity index (χ1v) is 6.57. The van der Waals surface area contributed by atoms with Crippen molar-refractivity contribution in [3.05, 3.63) is 30.3 Å². The molecule has 0 aliphatic carbocycles. The van der Waals surface area contributed by atoms with Crippen LogP contribution in [-0.4, -0.2) is 36.3 Å². The molecular weight excluding hydrogens is 254 g/mol. The number of hydrogen-bond donors (Lipinski definition) is 2. The fourth-order valence-corrected chi connectivity index (χ4v) is 1.62. The second kappa shape index (κ2) is 6.52. The summed E-state index contributed by atoms with van der Waals surface area (Å²) in [5, 5.41) is 2.73. The topological polar surface area (TPSA) is 75.4 Å². The smallest absolute Gasteiger partial charge is 0.243 e. The van der Waals surface area contributed by atoms with E-state index < -0.39 is 6.04 Å². The number of nitrogens with two attached hydrogens (primary N) is 1. The van der Waals surface area contributed by atoms with Crippen molar-refractivity contribution in [3.63, 3.8) is 0 Å². The van der Waals surface area contributed by atoms with E-state index in [-0.39, 0.29) is 23.8 Å². The molecule has 0 aliphatic heterocycles. The standard InChI is InChI=1S/C15H23N3O2/c1-15(2,3)13(16)14(20)18(4)10-12(19)17-11-8-6-5-7-9-11/h5-9,13H,10,16H2,1-4H3,(H,17,19). The van der Waals surface area contributed by atoms with Crippen LogP contribution in [0.4, 0.5) is 5.69 Å². The molecule has 0 spiro atoms. The maximum Gasteiger partial charge on any atom is 0.243 e. The van der Waals surface area contributed by atoms with Crippen molar-refractivity contribution in [2.45, 2.75) is 26.8 Å². The zero-order valence-corrected chi connectivity index (χ0v) is 12.5. The van der Waals surface area contributed by atoms with E-state index in [0.717, 1.165) is 0 Å². The predicted octanol–water partition coefficient (Wildman–Crippen LogP) is 1.46. The number of nitrogens with one attached hydrogen (secondary N) is 1.